The zero-order valence-electron chi connectivity index (χ0n) is 11.3. The van der Waals surface area contributed by atoms with Gasteiger partial charge in [-0.05, 0) is 28.0 Å². The first-order valence-electron chi connectivity index (χ1n) is 6.75. The molecule has 0 aliphatic heterocycles. The molecule has 1 atom stereocenters. The Balaban J connectivity index is 1.97. The SMILES string of the molecule is OC(Cc1cccc(Cl)c1F)c1cccc2ccccc12. The van der Waals surface area contributed by atoms with Gasteiger partial charge in [0, 0.05) is 6.42 Å². The maximum atomic E-state index is 13.9. The predicted molar refractivity (Wildman–Crippen MR) is 84.0 cm³/mol. The van der Waals surface area contributed by atoms with Crippen LogP contribution in [-0.2, 0) is 6.42 Å². The molecule has 0 radical (unpaired) electrons. The lowest BCUT2D eigenvalue weighted by atomic mass is 9.96. The molecule has 0 bridgehead atoms. The van der Waals surface area contributed by atoms with Crippen LogP contribution in [0.15, 0.2) is 60.7 Å². The summed E-state index contributed by atoms with van der Waals surface area (Å²) in [4.78, 5) is 0. The fraction of sp³-hybridized carbons (Fsp3) is 0.111. The highest BCUT2D eigenvalue weighted by Crippen LogP contribution is 2.28. The van der Waals surface area contributed by atoms with E-state index >= 15 is 0 Å². The minimum Gasteiger partial charge on any atom is -0.388 e. The number of aliphatic hydroxyl groups excluding tert-OH is 1. The van der Waals surface area contributed by atoms with Gasteiger partial charge in [0.15, 0.2) is 0 Å². The van der Waals surface area contributed by atoms with Gasteiger partial charge >= 0.3 is 0 Å². The van der Waals surface area contributed by atoms with Crippen molar-refractivity contribution in [3.8, 4) is 0 Å². The third-order valence-corrected chi connectivity index (χ3v) is 3.92. The summed E-state index contributed by atoms with van der Waals surface area (Å²) < 4.78 is 13.9. The van der Waals surface area contributed by atoms with E-state index in [2.05, 4.69) is 0 Å². The van der Waals surface area contributed by atoms with Crippen LogP contribution in [0.3, 0.4) is 0 Å². The summed E-state index contributed by atoms with van der Waals surface area (Å²) in [5.74, 6) is -0.460. The molecule has 0 aliphatic rings. The molecule has 3 heteroatoms. The topological polar surface area (TPSA) is 20.2 Å². The first-order chi connectivity index (χ1) is 10.2. The van der Waals surface area contributed by atoms with Crippen LogP contribution >= 0.6 is 11.6 Å². The molecular formula is C18H14ClFO. The van der Waals surface area contributed by atoms with Gasteiger partial charge in [-0.3, -0.25) is 0 Å². The normalized spacial score (nSPS) is 12.5. The van der Waals surface area contributed by atoms with Gasteiger partial charge in [-0.15, -0.1) is 0 Å². The fourth-order valence-corrected chi connectivity index (χ4v) is 2.76. The molecule has 0 fully saturated rings. The average Bonchev–Trinajstić information content (AvgIpc) is 2.51. The molecule has 0 heterocycles. The average molecular weight is 301 g/mol. The molecule has 0 aliphatic carbocycles. The van der Waals surface area contributed by atoms with Crippen LogP contribution < -0.4 is 0 Å². The Labute approximate surface area is 127 Å². The van der Waals surface area contributed by atoms with E-state index in [1.54, 1.807) is 12.1 Å². The molecule has 106 valence electrons. The number of hydrogen-bond donors (Lipinski definition) is 1. The van der Waals surface area contributed by atoms with E-state index in [0.717, 1.165) is 16.3 Å². The Hall–Kier alpha value is -1.90. The van der Waals surface area contributed by atoms with Gasteiger partial charge < -0.3 is 5.11 Å². The summed E-state index contributed by atoms with van der Waals surface area (Å²) in [5.41, 5.74) is 1.22. The van der Waals surface area contributed by atoms with Crippen molar-refractivity contribution in [3.05, 3.63) is 82.6 Å². The standard InChI is InChI=1S/C18H14ClFO/c19-16-10-4-7-13(18(16)20)11-17(21)15-9-3-6-12-5-1-2-8-14(12)15/h1-10,17,21H,11H2. The van der Waals surface area contributed by atoms with Crippen molar-refractivity contribution in [2.45, 2.75) is 12.5 Å². The van der Waals surface area contributed by atoms with Gasteiger partial charge in [-0.2, -0.15) is 0 Å². The molecule has 3 aromatic carbocycles. The Morgan fingerprint density at radius 2 is 1.67 bits per heavy atom. The van der Waals surface area contributed by atoms with Crippen molar-refractivity contribution in [1.29, 1.82) is 0 Å². The number of rotatable bonds is 3. The fourth-order valence-electron chi connectivity index (χ4n) is 2.57. The molecule has 21 heavy (non-hydrogen) atoms. The lowest BCUT2D eigenvalue weighted by Crippen LogP contribution is -2.04. The molecule has 0 spiro atoms. The first-order valence-corrected chi connectivity index (χ1v) is 7.13. The summed E-state index contributed by atoms with van der Waals surface area (Å²) in [6, 6.07) is 18.4. The smallest absolute Gasteiger partial charge is 0.145 e. The van der Waals surface area contributed by atoms with Crippen molar-refractivity contribution in [3.63, 3.8) is 0 Å². The quantitative estimate of drug-likeness (QED) is 0.729. The monoisotopic (exact) mass is 300 g/mol. The zero-order valence-corrected chi connectivity index (χ0v) is 12.0. The van der Waals surface area contributed by atoms with Gasteiger partial charge in [-0.25, -0.2) is 4.39 Å². The van der Waals surface area contributed by atoms with Crippen LogP contribution in [0.2, 0.25) is 5.02 Å². The highest BCUT2D eigenvalue weighted by atomic mass is 35.5. The molecule has 0 saturated heterocycles. The summed E-state index contributed by atoms with van der Waals surface area (Å²) >= 11 is 5.78. The van der Waals surface area contributed by atoms with E-state index in [1.807, 2.05) is 42.5 Å². The number of benzene rings is 3. The molecule has 3 rings (SSSR count). The summed E-state index contributed by atoms with van der Waals surface area (Å²) in [6.07, 6.45) is -0.579. The first kappa shape index (κ1) is 14.1. The Morgan fingerprint density at radius 3 is 2.52 bits per heavy atom. The van der Waals surface area contributed by atoms with Crippen LogP contribution in [0, 0.1) is 5.82 Å². The Bertz CT molecular complexity index is 780. The minimum absolute atomic E-state index is 0.0811. The molecule has 0 aromatic heterocycles. The molecule has 1 N–H and O–H groups in total. The van der Waals surface area contributed by atoms with Crippen LogP contribution in [0.1, 0.15) is 17.2 Å². The van der Waals surface area contributed by atoms with Gasteiger partial charge in [0.2, 0.25) is 0 Å². The Kier molecular flexibility index (Phi) is 3.91. The summed E-state index contributed by atoms with van der Waals surface area (Å²) in [7, 11) is 0. The third kappa shape index (κ3) is 2.78. The van der Waals surface area contributed by atoms with E-state index in [4.69, 9.17) is 11.6 Å². The van der Waals surface area contributed by atoms with Gasteiger partial charge in [-0.1, -0.05) is 66.2 Å². The van der Waals surface area contributed by atoms with Crippen LogP contribution in [-0.4, -0.2) is 5.11 Å². The van der Waals surface area contributed by atoms with E-state index in [1.165, 1.54) is 6.07 Å². The van der Waals surface area contributed by atoms with Crippen molar-refractivity contribution < 1.29 is 9.50 Å². The third-order valence-electron chi connectivity index (χ3n) is 3.63. The highest BCUT2D eigenvalue weighted by Gasteiger charge is 2.15. The molecule has 0 saturated carbocycles. The van der Waals surface area contributed by atoms with Crippen LogP contribution in [0.4, 0.5) is 4.39 Å². The van der Waals surface area contributed by atoms with E-state index in [9.17, 15) is 9.50 Å². The molecule has 1 unspecified atom stereocenters. The number of aliphatic hydroxyl groups is 1. The molecular weight excluding hydrogens is 287 g/mol. The lowest BCUT2D eigenvalue weighted by Gasteiger charge is -2.14. The Morgan fingerprint density at radius 1 is 0.952 bits per heavy atom. The van der Waals surface area contributed by atoms with E-state index in [-0.39, 0.29) is 11.4 Å². The second kappa shape index (κ2) is 5.84. The van der Waals surface area contributed by atoms with Crippen LogP contribution in [0.25, 0.3) is 10.8 Å². The summed E-state index contributed by atoms with van der Waals surface area (Å²) in [6.45, 7) is 0. The number of hydrogen-bond acceptors (Lipinski definition) is 1. The highest BCUT2D eigenvalue weighted by molar-refractivity contribution is 6.30. The minimum atomic E-state index is -0.774. The molecule has 1 nitrogen and oxygen atoms in total. The van der Waals surface area contributed by atoms with Gasteiger partial charge in [0.1, 0.15) is 5.82 Å². The molecule has 3 aromatic rings. The maximum absolute atomic E-state index is 13.9. The number of halogens is 2. The molecule has 0 amide bonds. The lowest BCUT2D eigenvalue weighted by molar-refractivity contribution is 0.178. The van der Waals surface area contributed by atoms with Gasteiger partial charge in [0.05, 0.1) is 11.1 Å². The van der Waals surface area contributed by atoms with E-state index < -0.39 is 11.9 Å². The summed E-state index contributed by atoms with van der Waals surface area (Å²) in [5, 5.41) is 12.6. The second-order valence-corrected chi connectivity index (χ2v) is 5.41. The van der Waals surface area contributed by atoms with Crippen molar-refractivity contribution in [2.24, 2.45) is 0 Å². The zero-order chi connectivity index (χ0) is 14.8. The van der Waals surface area contributed by atoms with Crippen molar-refractivity contribution >= 4 is 22.4 Å². The number of fused-ring (bicyclic) bond motifs is 1. The maximum Gasteiger partial charge on any atom is 0.145 e. The van der Waals surface area contributed by atoms with Gasteiger partial charge in [0.25, 0.3) is 0 Å². The second-order valence-electron chi connectivity index (χ2n) is 5.00. The van der Waals surface area contributed by atoms with Crippen molar-refractivity contribution in [2.75, 3.05) is 0 Å². The largest absolute Gasteiger partial charge is 0.388 e. The van der Waals surface area contributed by atoms with E-state index in [0.29, 0.717) is 5.56 Å². The van der Waals surface area contributed by atoms with Crippen LogP contribution in [0.5, 0.6) is 0 Å². The van der Waals surface area contributed by atoms with Crippen molar-refractivity contribution in [1.82, 2.24) is 0 Å². The predicted octanol–water partition coefficient (Wildman–Crippen LogP) is 4.91.